The molecule has 1 heterocycles. The average Bonchev–Trinajstić information content (AvgIpc) is 2.61. The maximum absolute atomic E-state index is 12.0. The van der Waals surface area contributed by atoms with Crippen LogP contribution in [0.25, 0.3) is 0 Å². The third kappa shape index (κ3) is 4.76. The monoisotopic (exact) mass is 328 g/mol. The number of nitrogens with zero attached hydrogens (tertiary/aromatic N) is 2. The van der Waals surface area contributed by atoms with Crippen molar-refractivity contribution in [2.75, 3.05) is 25.6 Å². The highest BCUT2D eigenvalue weighted by molar-refractivity contribution is 5.92. The maximum atomic E-state index is 12.0. The van der Waals surface area contributed by atoms with Crippen LogP contribution in [0.3, 0.4) is 0 Å². The Hall–Kier alpha value is -2.47. The van der Waals surface area contributed by atoms with Crippen LogP contribution in [0.4, 0.5) is 11.5 Å². The molecule has 0 fully saturated rings. The summed E-state index contributed by atoms with van der Waals surface area (Å²) in [5.41, 5.74) is 3.72. The van der Waals surface area contributed by atoms with Crippen LogP contribution in [0.1, 0.15) is 35.0 Å². The highest BCUT2D eigenvalue weighted by Crippen LogP contribution is 2.24. The Morgan fingerprint density at radius 3 is 2.75 bits per heavy atom. The SMILES string of the molecule is CCc1cccc(C)c1Nc1cnc(C(=O)NCCCOC)cn1. The van der Waals surface area contributed by atoms with Gasteiger partial charge in [-0.25, -0.2) is 9.97 Å². The predicted octanol–water partition coefficient (Wildman–Crippen LogP) is 2.86. The van der Waals surface area contributed by atoms with E-state index in [4.69, 9.17) is 4.74 Å². The van der Waals surface area contributed by atoms with E-state index in [1.54, 1.807) is 13.3 Å². The fourth-order valence-electron chi connectivity index (χ4n) is 2.35. The molecule has 2 N–H and O–H groups in total. The molecule has 0 saturated carbocycles. The van der Waals surface area contributed by atoms with Gasteiger partial charge in [0.1, 0.15) is 11.5 Å². The quantitative estimate of drug-likeness (QED) is 0.729. The molecule has 0 radical (unpaired) electrons. The van der Waals surface area contributed by atoms with Crippen molar-refractivity contribution in [3.63, 3.8) is 0 Å². The summed E-state index contributed by atoms with van der Waals surface area (Å²) in [6, 6.07) is 6.18. The van der Waals surface area contributed by atoms with Crippen LogP contribution in [0.5, 0.6) is 0 Å². The van der Waals surface area contributed by atoms with E-state index in [0.29, 0.717) is 24.7 Å². The molecule has 0 spiro atoms. The highest BCUT2D eigenvalue weighted by Gasteiger charge is 2.09. The number of para-hydroxylation sites is 1. The molecule has 6 nitrogen and oxygen atoms in total. The van der Waals surface area contributed by atoms with E-state index in [0.717, 1.165) is 24.1 Å². The Balaban J connectivity index is 2.01. The zero-order valence-corrected chi connectivity index (χ0v) is 14.4. The molecule has 0 bridgehead atoms. The maximum Gasteiger partial charge on any atom is 0.271 e. The van der Waals surface area contributed by atoms with Gasteiger partial charge >= 0.3 is 0 Å². The lowest BCUT2D eigenvalue weighted by Crippen LogP contribution is -2.26. The Morgan fingerprint density at radius 2 is 2.08 bits per heavy atom. The summed E-state index contributed by atoms with van der Waals surface area (Å²) in [4.78, 5) is 20.4. The average molecular weight is 328 g/mol. The van der Waals surface area contributed by atoms with E-state index >= 15 is 0 Å². The number of amides is 1. The first-order chi connectivity index (χ1) is 11.7. The molecule has 0 aliphatic heterocycles. The first-order valence-corrected chi connectivity index (χ1v) is 8.10. The molecule has 1 aromatic carbocycles. The van der Waals surface area contributed by atoms with Gasteiger partial charge in [0, 0.05) is 25.9 Å². The van der Waals surface area contributed by atoms with Gasteiger partial charge < -0.3 is 15.4 Å². The van der Waals surface area contributed by atoms with Crippen molar-refractivity contribution >= 4 is 17.4 Å². The molecule has 0 atom stereocenters. The zero-order chi connectivity index (χ0) is 17.4. The van der Waals surface area contributed by atoms with Crippen LogP contribution < -0.4 is 10.6 Å². The largest absolute Gasteiger partial charge is 0.385 e. The van der Waals surface area contributed by atoms with Gasteiger partial charge in [0.25, 0.3) is 5.91 Å². The van der Waals surface area contributed by atoms with Crippen LogP contribution in [-0.4, -0.2) is 36.1 Å². The lowest BCUT2D eigenvalue weighted by atomic mass is 10.1. The minimum absolute atomic E-state index is 0.227. The Kier molecular flexibility index (Phi) is 6.69. The van der Waals surface area contributed by atoms with Crippen molar-refractivity contribution in [2.24, 2.45) is 0 Å². The van der Waals surface area contributed by atoms with Crippen LogP contribution in [0.2, 0.25) is 0 Å². The molecule has 6 heteroatoms. The molecule has 1 amide bonds. The van der Waals surface area contributed by atoms with Gasteiger partial charge in [0.15, 0.2) is 0 Å². The van der Waals surface area contributed by atoms with E-state index in [9.17, 15) is 4.79 Å². The molecule has 2 aromatic rings. The van der Waals surface area contributed by atoms with E-state index in [1.165, 1.54) is 11.8 Å². The number of nitrogens with one attached hydrogen (secondary N) is 2. The van der Waals surface area contributed by atoms with Gasteiger partial charge in [-0.15, -0.1) is 0 Å². The van der Waals surface area contributed by atoms with Crippen LogP contribution in [0, 0.1) is 6.92 Å². The molecule has 1 aromatic heterocycles. The zero-order valence-electron chi connectivity index (χ0n) is 14.4. The van der Waals surface area contributed by atoms with Crippen LogP contribution >= 0.6 is 0 Å². The first-order valence-electron chi connectivity index (χ1n) is 8.10. The van der Waals surface area contributed by atoms with Crippen LogP contribution in [-0.2, 0) is 11.2 Å². The number of benzene rings is 1. The summed E-state index contributed by atoms with van der Waals surface area (Å²) in [7, 11) is 1.64. The third-order valence-electron chi connectivity index (χ3n) is 3.69. The molecule has 24 heavy (non-hydrogen) atoms. The third-order valence-corrected chi connectivity index (χ3v) is 3.69. The molecule has 0 aliphatic rings. The summed E-state index contributed by atoms with van der Waals surface area (Å²) in [6.45, 7) is 5.34. The smallest absolute Gasteiger partial charge is 0.271 e. The number of ether oxygens (including phenoxy) is 1. The number of hydrogen-bond donors (Lipinski definition) is 2. The number of aryl methyl sites for hydroxylation is 2. The number of hydrogen-bond acceptors (Lipinski definition) is 5. The van der Waals surface area contributed by atoms with E-state index in [-0.39, 0.29) is 5.91 Å². The highest BCUT2D eigenvalue weighted by atomic mass is 16.5. The minimum atomic E-state index is -0.227. The molecule has 0 unspecified atom stereocenters. The summed E-state index contributed by atoms with van der Waals surface area (Å²) in [5.74, 6) is 0.394. The fraction of sp³-hybridized carbons (Fsp3) is 0.389. The van der Waals surface area contributed by atoms with Gasteiger partial charge in [-0.05, 0) is 30.9 Å². The van der Waals surface area contributed by atoms with E-state index < -0.39 is 0 Å². The van der Waals surface area contributed by atoms with Crippen molar-refractivity contribution in [3.8, 4) is 0 Å². The Morgan fingerprint density at radius 1 is 1.25 bits per heavy atom. The van der Waals surface area contributed by atoms with Gasteiger partial charge in [-0.3, -0.25) is 4.79 Å². The van der Waals surface area contributed by atoms with Gasteiger partial charge in [-0.2, -0.15) is 0 Å². The second-order valence-electron chi connectivity index (χ2n) is 5.48. The molecular formula is C18H24N4O2. The van der Waals surface area contributed by atoms with Crippen molar-refractivity contribution < 1.29 is 9.53 Å². The number of methoxy groups -OCH3 is 1. The summed E-state index contributed by atoms with van der Waals surface area (Å²) < 4.78 is 4.94. The van der Waals surface area contributed by atoms with Gasteiger partial charge in [-0.1, -0.05) is 25.1 Å². The fourth-order valence-corrected chi connectivity index (χ4v) is 2.35. The second kappa shape index (κ2) is 8.98. The molecular weight excluding hydrogens is 304 g/mol. The lowest BCUT2D eigenvalue weighted by Gasteiger charge is -2.13. The number of carbonyl (C=O) groups excluding carboxylic acids is 1. The van der Waals surface area contributed by atoms with Gasteiger partial charge in [0.05, 0.1) is 12.4 Å². The van der Waals surface area contributed by atoms with Gasteiger partial charge in [0.2, 0.25) is 0 Å². The van der Waals surface area contributed by atoms with Crippen molar-refractivity contribution in [3.05, 3.63) is 47.4 Å². The van der Waals surface area contributed by atoms with E-state index in [2.05, 4.69) is 46.6 Å². The second-order valence-corrected chi connectivity index (χ2v) is 5.48. The summed E-state index contributed by atoms with van der Waals surface area (Å²) >= 11 is 0. The predicted molar refractivity (Wildman–Crippen MR) is 94.7 cm³/mol. The Labute approximate surface area is 142 Å². The van der Waals surface area contributed by atoms with Crippen LogP contribution in [0.15, 0.2) is 30.6 Å². The molecule has 0 saturated heterocycles. The minimum Gasteiger partial charge on any atom is -0.385 e. The summed E-state index contributed by atoms with van der Waals surface area (Å²) in [5, 5.41) is 6.08. The number of carbonyl (C=O) groups is 1. The first kappa shape index (κ1) is 17.9. The molecule has 0 aliphatic carbocycles. The topological polar surface area (TPSA) is 76.1 Å². The molecule has 128 valence electrons. The number of anilines is 2. The van der Waals surface area contributed by atoms with E-state index in [1.807, 2.05) is 6.07 Å². The summed E-state index contributed by atoms with van der Waals surface area (Å²) in [6.07, 6.45) is 4.76. The number of aromatic nitrogens is 2. The standard InChI is InChI=1S/C18H24N4O2/c1-4-14-8-5-7-13(2)17(14)22-16-12-20-15(11-21-16)18(23)19-9-6-10-24-3/h5,7-8,11-12H,4,6,9-10H2,1-3H3,(H,19,23)(H,21,22). The van der Waals surface area contributed by atoms with Crippen molar-refractivity contribution in [1.29, 1.82) is 0 Å². The Bertz CT molecular complexity index is 671. The van der Waals surface area contributed by atoms with Crippen molar-refractivity contribution in [1.82, 2.24) is 15.3 Å². The lowest BCUT2D eigenvalue weighted by molar-refractivity contribution is 0.0943. The normalized spacial score (nSPS) is 10.5. The molecule has 2 rings (SSSR count). The van der Waals surface area contributed by atoms with Crippen molar-refractivity contribution in [2.45, 2.75) is 26.7 Å². The number of rotatable bonds is 8.